The van der Waals surface area contributed by atoms with Crippen LogP contribution in [0, 0.1) is 12.8 Å². The number of aliphatic hydroxyl groups excluding tert-OH is 1. The number of aryl methyl sites for hydroxylation is 1. The summed E-state index contributed by atoms with van der Waals surface area (Å²) < 4.78 is 1.79. The van der Waals surface area contributed by atoms with Crippen LogP contribution in [0.15, 0.2) is 12.1 Å². The predicted octanol–water partition coefficient (Wildman–Crippen LogP) is 0.762. The highest BCUT2D eigenvalue weighted by Crippen LogP contribution is 2.24. The molecule has 3 heterocycles. The van der Waals surface area contributed by atoms with E-state index in [0.29, 0.717) is 5.92 Å². The highest BCUT2D eigenvalue weighted by molar-refractivity contribution is 5.47. The first-order chi connectivity index (χ1) is 11.2. The van der Waals surface area contributed by atoms with Crippen molar-refractivity contribution in [3.8, 4) is 0 Å². The molecule has 7 heteroatoms. The average Bonchev–Trinajstić information content (AvgIpc) is 2.88. The first kappa shape index (κ1) is 14.8. The summed E-state index contributed by atoms with van der Waals surface area (Å²) in [6.07, 6.45) is 4.26. The van der Waals surface area contributed by atoms with Gasteiger partial charge in [0.25, 0.3) is 0 Å². The molecule has 1 aliphatic carbocycles. The number of nitrogens with one attached hydrogen (secondary N) is 1. The summed E-state index contributed by atoms with van der Waals surface area (Å²) in [6, 6.07) is 4.26. The summed E-state index contributed by atoms with van der Waals surface area (Å²) in [5, 5.41) is 26.3. The van der Waals surface area contributed by atoms with Crippen molar-refractivity contribution in [3.63, 3.8) is 0 Å². The summed E-state index contributed by atoms with van der Waals surface area (Å²) >= 11 is 0. The maximum absolute atomic E-state index is 10.0. The molecule has 4 rings (SSSR count). The van der Waals surface area contributed by atoms with Gasteiger partial charge in [-0.1, -0.05) is 12.8 Å². The van der Waals surface area contributed by atoms with Gasteiger partial charge in [0.05, 0.1) is 6.10 Å². The highest BCUT2D eigenvalue weighted by Gasteiger charge is 2.30. The van der Waals surface area contributed by atoms with E-state index in [1.807, 2.05) is 19.1 Å². The first-order valence-electron chi connectivity index (χ1n) is 8.56. The molecule has 0 spiro atoms. The van der Waals surface area contributed by atoms with E-state index >= 15 is 0 Å². The fraction of sp³-hybridized carbons (Fsp3) is 0.688. The van der Waals surface area contributed by atoms with Gasteiger partial charge in [-0.25, -0.2) is 0 Å². The van der Waals surface area contributed by atoms with E-state index < -0.39 is 0 Å². The number of anilines is 1. The van der Waals surface area contributed by atoms with E-state index in [2.05, 4.69) is 25.5 Å². The van der Waals surface area contributed by atoms with Crippen LogP contribution in [0.1, 0.15) is 31.5 Å². The SMILES string of the molecule is Cc1nnc2ccc(N3CC(CNC4CCCCC4O)C3)nn12. The van der Waals surface area contributed by atoms with Crippen molar-refractivity contribution in [2.75, 3.05) is 24.5 Å². The van der Waals surface area contributed by atoms with Crippen LogP contribution in [0.5, 0.6) is 0 Å². The minimum atomic E-state index is -0.166. The fourth-order valence-electron chi connectivity index (χ4n) is 3.61. The van der Waals surface area contributed by atoms with Gasteiger partial charge in [0.2, 0.25) is 0 Å². The van der Waals surface area contributed by atoms with Crippen LogP contribution in [0.4, 0.5) is 5.82 Å². The summed E-state index contributed by atoms with van der Waals surface area (Å²) in [6.45, 7) is 4.91. The van der Waals surface area contributed by atoms with Gasteiger partial charge in [-0.15, -0.1) is 15.3 Å². The molecule has 2 aliphatic rings. The standard InChI is InChI=1S/C16H24N6O/c1-11-18-19-15-6-7-16(20-22(11)15)21-9-12(10-21)8-17-13-4-2-3-5-14(13)23/h6-7,12-14,17,23H,2-5,8-10H2,1H3. The van der Waals surface area contributed by atoms with Crippen LogP contribution in [0.25, 0.3) is 5.65 Å². The second kappa shape index (κ2) is 6.05. The smallest absolute Gasteiger partial charge is 0.178 e. The van der Waals surface area contributed by atoms with Gasteiger partial charge in [0, 0.05) is 31.6 Å². The fourth-order valence-corrected chi connectivity index (χ4v) is 3.61. The Kier molecular flexibility index (Phi) is 3.90. The van der Waals surface area contributed by atoms with Crippen LogP contribution in [0.3, 0.4) is 0 Å². The third-order valence-corrected chi connectivity index (χ3v) is 5.08. The maximum Gasteiger partial charge on any atom is 0.178 e. The lowest BCUT2D eigenvalue weighted by Crippen LogP contribution is -2.54. The van der Waals surface area contributed by atoms with E-state index in [-0.39, 0.29) is 12.1 Å². The molecule has 2 unspecified atom stereocenters. The van der Waals surface area contributed by atoms with Crippen molar-refractivity contribution in [1.82, 2.24) is 25.1 Å². The lowest BCUT2D eigenvalue weighted by atomic mass is 9.91. The second-order valence-corrected chi connectivity index (χ2v) is 6.85. The lowest BCUT2D eigenvalue weighted by molar-refractivity contribution is 0.0879. The van der Waals surface area contributed by atoms with Crippen molar-refractivity contribution in [1.29, 1.82) is 0 Å². The Morgan fingerprint density at radius 3 is 2.87 bits per heavy atom. The van der Waals surface area contributed by atoms with Gasteiger partial charge in [0.1, 0.15) is 5.82 Å². The van der Waals surface area contributed by atoms with Crippen molar-refractivity contribution in [3.05, 3.63) is 18.0 Å². The molecule has 1 saturated heterocycles. The monoisotopic (exact) mass is 316 g/mol. The Morgan fingerprint density at radius 1 is 1.22 bits per heavy atom. The van der Waals surface area contributed by atoms with Gasteiger partial charge in [-0.3, -0.25) is 0 Å². The van der Waals surface area contributed by atoms with Crippen LogP contribution in [-0.2, 0) is 0 Å². The molecule has 0 radical (unpaired) electrons. The molecule has 23 heavy (non-hydrogen) atoms. The molecular formula is C16H24N6O. The molecule has 2 N–H and O–H groups in total. The number of aromatic nitrogens is 4. The number of fused-ring (bicyclic) bond motifs is 1. The van der Waals surface area contributed by atoms with Gasteiger partial charge in [0.15, 0.2) is 11.5 Å². The third-order valence-electron chi connectivity index (χ3n) is 5.08. The molecule has 2 fully saturated rings. The number of hydrogen-bond donors (Lipinski definition) is 2. The van der Waals surface area contributed by atoms with Gasteiger partial charge in [-0.2, -0.15) is 4.52 Å². The molecule has 2 aromatic rings. The van der Waals surface area contributed by atoms with Crippen LogP contribution in [0.2, 0.25) is 0 Å². The Hall–Kier alpha value is -1.73. The molecular weight excluding hydrogens is 292 g/mol. The topological polar surface area (TPSA) is 78.6 Å². The quantitative estimate of drug-likeness (QED) is 0.867. The first-order valence-corrected chi connectivity index (χ1v) is 8.56. The van der Waals surface area contributed by atoms with Crippen molar-refractivity contribution >= 4 is 11.5 Å². The molecule has 0 bridgehead atoms. The Bertz CT molecular complexity index is 680. The second-order valence-electron chi connectivity index (χ2n) is 6.85. The third kappa shape index (κ3) is 2.90. The van der Waals surface area contributed by atoms with E-state index in [1.165, 1.54) is 6.42 Å². The summed E-state index contributed by atoms with van der Waals surface area (Å²) in [7, 11) is 0. The molecule has 0 amide bonds. The number of aliphatic hydroxyl groups is 1. The van der Waals surface area contributed by atoms with Crippen molar-refractivity contribution in [2.24, 2.45) is 5.92 Å². The Balaban J connectivity index is 1.31. The van der Waals surface area contributed by atoms with Crippen molar-refractivity contribution in [2.45, 2.75) is 44.8 Å². The maximum atomic E-state index is 10.0. The highest BCUT2D eigenvalue weighted by atomic mass is 16.3. The number of hydrogen-bond acceptors (Lipinski definition) is 6. The molecule has 2 aromatic heterocycles. The molecule has 1 saturated carbocycles. The molecule has 2 atom stereocenters. The van der Waals surface area contributed by atoms with E-state index in [4.69, 9.17) is 0 Å². The van der Waals surface area contributed by atoms with Gasteiger partial charge < -0.3 is 15.3 Å². The van der Waals surface area contributed by atoms with E-state index in [0.717, 1.165) is 56.2 Å². The Morgan fingerprint density at radius 2 is 2.04 bits per heavy atom. The molecule has 0 aromatic carbocycles. The van der Waals surface area contributed by atoms with Crippen LogP contribution >= 0.6 is 0 Å². The zero-order valence-corrected chi connectivity index (χ0v) is 13.5. The molecule has 124 valence electrons. The largest absolute Gasteiger partial charge is 0.392 e. The van der Waals surface area contributed by atoms with Gasteiger partial charge in [-0.05, 0) is 31.9 Å². The minimum absolute atomic E-state index is 0.166. The minimum Gasteiger partial charge on any atom is -0.392 e. The molecule has 7 nitrogen and oxygen atoms in total. The van der Waals surface area contributed by atoms with Gasteiger partial charge >= 0.3 is 0 Å². The lowest BCUT2D eigenvalue weighted by Gasteiger charge is -2.41. The van der Waals surface area contributed by atoms with Crippen LogP contribution in [-0.4, -0.2) is 56.7 Å². The van der Waals surface area contributed by atoms with E-state index in [1.54, 1.807) is 4.52 Å². The summed E-state index contributed by atoms with van der Waals surface area (Å²) in [5.74, 6) is 2.42. The van der Waals surface area contributed by atoms with Crippen LogP contribution < -0.4 is 10.2 Å². The predicted molar refractivity (Wildman–Crippen MR) is 87.5 cm³/mol. The number of rotatable bonds is 4. The molecule has 1 aliphatic heterocycles. The zero-order valence-electron chi connectivity index (χ0n) is 13.5. The summed E-state index contributed by atoms with van der Waals surface area (Å²) in [5.41, 5.74) is 0.788. The summed E-state index contributed by atoms with van der Waals surface area (Å²) in [4.78, 5) is 2.28. The normalized spacial score (nSPS) is 25.7. The zero-order chi connectivity index (χ0) is 15.8. The Labute approximate surface area is 135 Å². The van der Waals surface area contributed by atoms with E-state index in [9.17, 15) is 5.11 Å². The average molecular weight is 316 g/mol. The van der Waals surface area contributed by atoms with Crippen molar-refractivity contribution < 1.29 is 5.11 Å². The number of nitrogens with zero attached hydrogens (tertiary/aromatic N) is 5.